The summed E-state index contributed by atoms with van der Waals surface area (Å²) in [5.74, 6) is -0.127. The molecule has 0 amide bonds. The highest BCUT2D eigenvalue weighted by molar-refractivity contribution is 5.75. The molecule has 0 bridgehead atoms. The average molecular weight is 292 g/mol. The molecule has 0 atom stereocenters. The first-order valence-electron chi connectivity index (χ1n) is 7.13. The van der Waals surface area contributed by atoms with Gasteiger partial charge in [0.25, 0.3) is 5.56 Å². The fourth-order valence-corrected chi connectivity index (χ4v) is 2.62. The van der Waals surface area contributed by atoms with E-state index in [0.717, 1.165) is 12.8 Å². The highest BCUT2D eigenvalue weighted by Gasteiger charge is 2.36. The second kappa shape index (κ2) is 5.09. The van der Waals surface area contributed by atoms with Crippen LogP contribution in [0.4, 0.5) is 4.39 Å². The van der Waals surface area contributed by atoms with E-state index in [2.05, 4.69) is 16.9 Å². The van der Waals surface area contributed by atoms with Gasteiger partial charge in [0.2, 0.25) is 5.71 Å². The topological polar surface area (TPSA) is 76.0 Å². The lowest BCUT2D eigenvalue weighted by Gasteiger charge is -2.08. The smallest absolute Gasteiger partial charge is 0.337 e. The first kappa shape index (κ1) is 14.0. The Labute approximate surface area is 120 Å². The molecule has 21 heavy (non-hydrogen) atoms. The van der Waals surface area contributed by atoms with Crippen LogP contribution in [0, 0.1) is 5.41 Å². The molecule has 2 heterocycles. The van der Waals surface area contributed by atoms with Gasteiger partial charge in [0.1, 0.15) is 17.9 Å². The number of aromatic nitrogens is 2. The quantitative estimate of drug-likeness (QED) is 0.918. The third kappa shape index (κ3) is 2.89. The van der Waals surface area contributed by atoms with E-state index >= 15 is 0 Å². The normalized spacial score (nSPS) is 16.3. The summed E-state index contributed by atoms with van der Waals surface area (Å²) in [6.07, 6.45) is 5.08. The average Bonchev–Trinajstić information content (AvgIpc) is 3.15. The van der Waals surface area contributed by atoms with Crippen LogP contribution in [-0.4, -0.2) is 9.97 Å². The molecule has 1 fully saturated rings. The largest absolute Gasteiger partial charge is 0.403 e. The number of halogens is 1. The van der Waals surface area contributed by atoms with Crippen LogP contribution in [0.3, 0.4) is 0 Å². The summed E-state index contributed by atoms with van der Waals surface area (Å²) >= 11 is 0. The Hall–Kier alpha value is -1.98. The highest BCUT2D eigenvalue weighted by atomic mass is 19.1. The van der Waals surface area contributed by atoms with Crippen LogP contribution < -0.4 is 11.2 Å². The summed E-state index contributed by atoms with van der Waals surface area (Å²) in [4.78, 5) is 29.8. The van der Waals surface area contributed by atoms with Crippen molar-refractivity contribution >= 4 is 11.1 Å². The van der Waals surface area contributed by atoms with Gasteiger partial charge in [0.05, 0.1) is 0 Å². The predicted molar refractivity (Wildman–Crippen MR) is 76.0 cm³/mol. The number of fused-ring (bicyclic) bond motifs is 1. The van der Waals surface area contributed by atoms with Crippen molar-refractivity contribution in [3.8, 4) is 0 Å². The molecule has 0 spiro atoms. The molecule has 1 aliphatic carbocycles. The van der Waals surface area contributed by atoms with Crippen LogP contribution in [-0.2, 0) is 13.1 Å². The van der Waals surface area contributed by atoms with Crippen LogP contribution in [0.25, 0.3) is 11.1 Å². The molecule has 0 aromatic carbocycles. The molecule has 0 aliphatic heterocycles. The van der Waals surface area contributed by atoms with Gasteiger partial charge < -0.3 is 9.40 Å². The van der Waals surface area contributed by atoms with E-state index < -0.39 is 17.9 Å². The Morgan fingerprint density at radius 1 is 1.43 bits per heavy atom. The fraction of sp³-hybridized carbons (Fsp3) is 0.533. The van der Waals surface area contributed by atoms with Gasteiger partial charge in [0, 0.05) is 6.07 Å². The maximum atomic E-state index is 12.6. The molecule has 3 rings (SSSR count). The Kier molecular flexibility index (Phi) is 3.39. The third-order valence-electron chi connectivity index (χ3n) is 4.20. The minimum atomic E-state index is -0.905. The van der Waals surface area contributed by atoms with Gasteiger partial charge in [-0.15, -0.1) is 0 Å². The summed E-state index contributed by atoms with van der Waals surface area (Å²) in [5, 5.41) is 0.257. The van der Waals surface area contributed by atoms with Crippen molar-refractivity contribution in [3.63, 3.8) is 0 Å². The fourth-order valence-electron chi connectivity index (χ4n) is 2.62. The van der Waals surface area contributed by atoms with E-state index in [0.29, 0.717) is 17.4 Å². The van der Waals surface area contributed by atoms with Crippen LogP contribution in [0.5, 0.6) is 0 Å². The van der Waals surface area contributed by atoms with Gasteiger partial charge in [-0.1, -0.05) is 6.92 Å². The Morgan fingerprint density at radius 3 is 2.86 bits per heavy atom. The van der Waals surface area contributed by atoms with Crippen molar-refractivity contribution in [3.05, 3.63) is 38.2 Å². The van der Waals surface area contributed by atoms with Crippen molar-refractivity contribution in [1.82, 2.24) is 9.97 Å². The molecule has 6 heteroatoms. The maximum Gasteiger partial charge on any atom is 0.337 e. The van der Waals surface area contributed by atoms with E-state index in [1.807, 2.05) is 0 Å². The highest BCUT2D eigenvalue weighted by Crippen LogP contribution is 2.49. The molecule has 0 unspecified atom stereocenters. The third-order valence-corrected chi connectivity index (χ3v) is 4.20. The number of aryl methyl sites for hydroxylation is 1. The predicted octanol–water partition coefficient (Wildman–Crippen LogP) is 2.47. The van der Waals surface area contributed by atoms with Crippen LogP contribution in [0.2, 0.25) is 0 Å². The van der Waals surface area contributed by atoms with E-state index in [4.69, 9.17) is 4.42 Å². The number of hydrogen-bond acceptors (Lipinski definition) is 4. The Morgan fingerprint density at radius 2 is 2.19 bits per heavy atom. The van der Waals surface area contributed by atoms with Gasteiger partial charge >= 0.3 is 5.63 Å². The maximum absolute atomic E-state index is 12.6. The zero-order valence-corrected chi connectivity index (χ0v) is 11.9. The summed E-state index contributed by atoms with van der Waals surface area (Å²) in [6, 6.07) is 1.34. The van der Waals surface area contributed by atoms with Crippen LogP contribution in [0.1, 0.15) is 44.0 Å². The van der Waals surface area contributed by atoms with Crippen molar-refractivity contribution < 1.29 is 8.81 Å². The second-order valence-corrected chi connectivity index (χ2v) is 6.08. The number of nitrogens with one attached hydrogen (secondary N) is 1. The minimum absolute atomic E-state index is 0.0773. The standard InChI is InChI=1S/C15H17FN2O3/c1-15(5-6-15)4-2-3-9-7-11(19)21-14-12(9)13(20)17-10(8-16)18-14/h7H,2-6,8H2,1H3,(H,17,18,20). The summed E-state index contributed by atoms with van der Waals surface area (Å²) < 4.78 is 17.6. The van der Waals surface area contributed by atoms with E-state index in [-0.39, 0.29) is 16.9 Å². The lowest BCUT2D eigenvalue weighted by Crippen LogP contribution is -2.16. The zero-order chi connectivity index (χ0) is 15.0. The number of hydrogen-bond donors (Lipinski definition) is 1. The molecule has 1 saturated carbocycles. The molecule has 5 nitrogen and oxygen atoms in total. The Balaban J connectivity index is 1.96. The molecule has 1 N–H and O–H groups in total. The second-order valence-electron chi connectivity index (χ2n) is 6.08. The van der Waals surface area contributed by atoms with E-state index in [1.54, 1.807) is 0 Å². The molecular formula is C15H17FN2O3. The van der Waals surface area contributed by atoms with Crippen molar-refractivity contribution in [1.29, 1.82) is 0 Å². The molecule has 2 aromatic rings. The summed E-state index contributed by atoms with van der Waals surface area (Å²) in [5.41, 5.74) is -0.0281. The number of alkyl halides is 1. The van der Waals surface area contributed by atoms with Gasteiger partial charge in [-0.05, 0) is 43.1 Å². The zero-order valence-electron chi connectivity index (χ0n) is 11.9. The molecule has 0 radical (unpaired) electrons. The Bertz CT molecular complexity index is 790. The van der Waals surface area contributed by atoms with Crippen molar-refractivity contribution in [2.75, 3.05) is 0 Å². The van der Waals surface area contributed by atoms with Gasteiger partial charge in [0.15, 0.2) is 0 Å². The molecule has 2 aromatic heterocycles. The number of nitrogens with zero attached hydrogens (tertiary/aromatic N) is 1. The number of aromatic amines is 1. The van der Waals surface area contributed by atoms with E-state index in [1.165, 1.54) is 18.9 Å². The van der Waals surface area contributed by atoms with Gasteiger partial charge in [-0.3, -0.25) is 4.79 Å². The molecular weight excluding hydrogens is 275 g/mol. The minimum Gasteiger partial charge on any atom is -0.403 e. The summed E-state index contributed by atoms with van der Waals surface area (Å²) in [7, 11) is 0. The van der Waals surface area contributed by atoms with Crippen molar-refractivity contribution in [2.24, 2.45) is 5.41 Å². The molecule has 0 saturated heterocycles. The van der Waals surface area contributed by atoms with Gasteiger partial charge in [-0.2, -0.15) is 4.98 Å². The molecule has 1 aliphatic rings. The summed E-state index contributed by atoms with van der Waals surface area (Å²) in [6.45, 7) is 1.34. The monoisotopic (exact) mass is 292 g/mol. The van der Waals surface area contributed by atoms with Crippen molar-refractivity contribution in [2.45, 2.75) is 45.7 Å². The van der Waals surface area contributed by atoms with E-state index in [9.17, 15) is 14.0 Å². The first-order chi connectivity index (χ1) is 10.0. The molecule has 112 valence electrons. The van der Waals surface area contributed by atoms with Crippen LogP contribution >= 0.6 is 0 Å². The lowest BCUT2D eigenvalue weighted by molar-refractivity contribution is 0.460. The lowest BCUT2D eigenvalue weighted by atomic mass is 9.98. The SMILES string of the molecule is CC1(CCCc2cc(=O)oc3nc(CF)[nH]c(=O)c23)CC1. The van der Waals surface area contributed by atoms with Crippen LogP contribution in [0.15, 0.2) is 20.1 Å². The number of rotatable bonds is 5. The number of H-pyrrole nitrogens is 1. The first-order valence-corrected chi connectivity index (χ1v) is 7.13. The van der Waals surface area contributed by atoms with Gasteiger partial charge in [-0.25, -0.2) is 9.18 Å².